The van der Waals surface area contributed by atoms with Crippen LogP contribution in [0.15, 0.2) is 47.3 Å². The molecule has 0 aliphatic carbocycles. The molecule has 1 aromatic heterocycles. The van der Waals surface area contributed by atoms with Gasteiger partial charge in [0, 0.05) is 11.3 Å². The van der Waals surface area contributed by atoms with Crippen molar-refractivity contribution < 1.29 is 28.2 Å². The van der Waals surface area contributed by atoms with Gasteiger partial charge in [0.05, 0.1) is 26.1 Å². The zero-order chi connectivity index (χ0) is 19.2. The molecule has 1 heterocycles. The molecule has 0 aliphatic rings. The second kappa shape index (κ2) is 8.42. The monoisotopic (exact) mass is 361 g/mol. The van der Waals surface area contributed by atoms with Crippen molar-refractivity contribution in [1.29, 1.82) is 0 Å². The first-order valence-corrected chi connectivity index (χ1v) is 8.12. The van der Waals surface area contributed by atoms with Crippen molar-refractivity contribution >= 4 is 17.7 Å². The molecule has 0 aliphatic heterocycles. The first-order valence-electron chi connectivity index (χ1n) is 8.12. The Morgan fingerprint density at radius 2 is 1.85 bits per heavy atom. The summed E-state index contributed by atoms with van der Waals surface area (Å²) < 4.78 is 20.6. The van der Waals surface area contributed by atoms with Crippen LogP contribution in [-0.2, 0) is 14.3 Å². The highest BCUT2D eigenvalue weighted by molar-refractivity contribution is 5.91. The second-order valence-corrected chi connectivity index (χ2v) is 6.61. The van der Waals surface area contributed by atoms with E-state index >= 15 is 0 Å². The summed E-state index contributed by atoms with van der Waals surface area (Å²) in [5.74, 6) is 0.373. The smallest absolute Gasteiger partial charge is 0.497 e. The Hall–Kier alpha value is -2.96. The molecule has 7 nitrogen and oxygen atoms in total. The molecule has 0 fully saturated rings. The van der Waals surface area contributed by atoms with Crippen molar-refractivity contribution in [2.24, 2.45) is 0 Å². The van der Waals surface area contributed by atoms with E-state index in [9.17, 15) is 9.59 Å². The molecular formula is C19H23NO6. The van der Waals surface area contributed by atoms with E-state index in [0.717, 1.165) is 0 Å². The number of rotatable bonds is 6. The molecule has 1 amide bonds. The van der Waals surface area contributed by atoms with Gasteiger partial charge in [-0.25, -0.2) is 4.79 Å². The number of nitrogens with one attached hydrogen (secondary N) is 1. The average molecular weight is 361 g/mol. The van der Waals surface area contributed by atoms with Crippen LogP contribution in [0.5, 0.6) is 5.75 Å². The number of carbonyl (C=O) groups excluding carboxylic acids is 2. The summed E-state index contributed by atoms with van der Waals surface area (Å²) in [6.07, 6.45) is 1.13. The normalized spacial score (nSPS) is 12.2. The second-order valence-electron chi connectivity index (χ2n) is 6.61. The van der Waals surface area contributed by atoms with Gasteiger partial charge >= 0.3 is 6.16 Å². The minimum Gasteiger partial charge on any atom is -0.497 e. The summed E-state index contributed by atoms with van der Waals surface area (Å²) in [7, 11) is 1.57. The lowest BCUT2D eigenvalue weighted by Crippen LogP contribution is -2.26. The van der Waals surface area contributed by atoms with E-state index in [1.165, 1.54) is 12.5 Å². The Bertz CT molecular complexity index is 715. The number of benzene rings is 1. The zero-order valence-corrected chi connectivity index (χ0v) is 15.3. The van der Waals surface area contributed by atoms with Gasteiger partial charge in [-0.3, -0.25) is 4.79 Å². The van der Waals surface area contributed by atoms with Gasteiger partial charge in [0.15, 0.2) is 0 Å². The predicted octanol–water partition coefficient (Wildman–Crippen LogP) is 4.31. The summed E-state index contributed by atoms with van der Waals surface area (Å²) in [5.41, 5.74) is 0.489. The molecule has 140 valence electrons. The number of methoxy groups -OCH3 is 1. The first-order chi connectivity index (χ1) is 12.3. The van der Waals surface area contributed by atoms with Gasteiger partial charge in [-0.05, 0) is 51.1 Å². The quantitative estimate of drug-likeness (QED) is 0.772. The summed E-state index contributed by atoms with van der Waals surface area (Å²) in [4.78, 5) is 24.3. The van der Waals surface area contributed by atoms with Crippen LogP contribution < -0.4 is 10.1 Å². The fourth-order valence-corrected chi connectivity index (χ4v) is 2.13. The van der Waals surface area contributed by atoms with Gasteiger partial charge in [0.2, 0.25) is 5.91 Å². The van der Waals surface area contributed by atoms with Gasteiger partial charge in [-0.2, -0.15) is 0 Å². The Morgan fingerprint density at radius 3 is 2.38 bits per heavy atom. The Kier molecular flexibility index (Phi) is 6.27. The maximum Gasteiger partial charge on any atom is 0.509 e. The van der Waals surface area contributed by atoms with Gasteiger partial charge in [-0.15, -0.1) is 0 Å². The van der Waals surface area contributed by atoms with Crippen LogP contribution in [0.4, 0.5) is 10.5 Å². The molecule has 0 saturated carbocycles. The number of carbonyl (C=O) groups is 2. The van der Waals surface area contributed by atoms with E-state index in [0.29, 0.717) is 17.0 Å². The molecule has 0 radical (unpaired) electrons. The molecule has 7 heteroatoms. The molecule has 0 saturated heterocycles. The molecule has 2 aromatic rings. The number of ether oxygens (including phenoxy) is 3. The molecule has 1 unspecified atom stereocenters. The van der Waals surface area contributed by atoms with E-state index < -0.39 is 17.9 Å². The van der Waals surface area contributed by atoms with E-state index in [1.54, 1.807) is 58.2 Å². The molecule has 1 N–H and O–H groups in total. The molecule has 1 atom stereocenters. The van der Waals surface area contributed by atoms with Crippen molar-refractivity contribution in [3.05, 3.63) is 48.4 Å². The lowest BCUT2D eigenvalue weighted by molar-refractivity contribution is -0.118. The molecular weight excluding hydrogens is 338 g/mol. The summed E-state index contributed by atoms with van der Waals surface area (Å²) in [5, 5.41) is 2.75. The zero-order valence-electron chi connectivity index (χ0n) is 15.3. The number of anilines is 1. The maximum atomic E-state index is 12.3. The third kappa shape index (κ3) is 6.16. The van der Waals surface area contributed by atoms with Crippen LogP contribution in [-0.4, -0.2) is 24.8 Å². The fourth-order valence-electron chi connectivity index (χ4n) is 2.13. The van der Waals surface area contributed by atoms with Gasteiger partial charge in [0.25, 0.3) is 0 Å². The Labute approximate surface area is 152 Å². The number of hydrogen-bond donors (Lipinski definition) is 1. The van der Waals surface area contributed by atoms with Crippen LogP contribution in [0.25, 0.3) is 0 Å². The van der Waals surface area contributed by atoms with Crippen molar-refractivity contribution in [2.45, 2.75) is 38.9 Å². The van der Waals surface area contributed by atoms with Crippen LogP contribution >= 0.6 is 0 Å². The van der Waals surface area contributed by atoms with Crippen LogP contribution in [0.1, 0.15) is 38.9 Å². The first kappa shape index (κ1) is 19.4. The Balaban J connectivity index is 2.01. The topological polar surface area (TPSA) is 87.0 Å². The summed E-state index contributed by atoms with van der Waals surface area (Å²) in [6, 6.07) is 8.55. The van der Waals surface area contributed by atoms with Crippen LogP contribution in [0, 0.1) is 0 Å². The highest BCUT2D eigenvalue weighted by Crippen LogP contribution is 2.25. The van der Waals surface area contributed by atoms with Crippen molar-refractivity contribution in [2.75, 3.05) is 12.4 Å². The minimum atomic E-state index is -0.846. The molecule has 0 spiro atoms. The summed E-state index contributed by atoms with van der Waals surface area (Å²) >= 11 is 0. The largest absolute Gasteiger partial charge is 0.509 e. The van der Waals surface area contributed by atoms with Gasteiger partial charge in [0.1, 0.15) is 17.5 Å². The van der Waals surface area contributed by atoms with Gasteiger partial charge < -0.3 is 23.9 Å². The highest BCUT2D eigenvalue weighted by Gasteiger charge is 2.25. The van der Waals surface area contributed by atoms with E-state index in [2.05, 4.69) is 5.32 Å². The van der Waals surface area contributed by atoms with Crippen LogP contribution in [0.3, 0.4) is 0 Å². The van der Waals surface area contributed by atoms with E-state index in [-0.39, 0.29) is 12.3 Å². The lowest BCUT2D eigenvalue weighted by Gasteiger charge is -2.22. The fraction of sp³-hybridized carbons (Fsp3) is 0.368. The molecule has 26 heavy (non-hydrogen) atoms. The maximum absolute atomic E-state index is 12.3. The van der Waals surface area contributed by atoms with E-state index in [1.807, 2.05) is 0 Å². The third-order valence-corrected chi connectivity index (χ3v) is 3.29. The molecule has 0 bridgehead atoms. The standard InChI is InChI=1S/C19H23NO6/c1-19(2,3)26-18(22)25-16(13-9-10-24-12-13)11-17(21)20-14-5-7-15(23-4)8-6-14/h5-10,12,16H,11H2,1-4H3,(H,20,21). The molecule has 1 aromatic carbocycles. The average Bonchev–Trinajstić information content (AvgIpc) is 3.07. The number of hydrogen-bond acceptors (Lipinski definition) is 6. The minimum absolute atomic E-state index is 0.0786. The van der Waals surface area contributed by atoms with Crippen molar-refractivity contribution in [3.63, 3.8) is 0 Å². The van der Waals surface area contributed by atoms with Crippen molar-refractivity contribution in [1.82, 2.24) is 0 Å². The SMILES string of the molecule is COc1ccc(NC(=O)CC(OC(=O)OC(C)(C)C)c2ccoc2)cc1. The lowest BCUT2D eigenvalue weighted by atomic mass is 10.1. The third-order valence-electron chi connectivity index (χ3n) is 3.29. The van der Waals surface area contributed by atoms with E-state index in [4.69, 9.17) is 18.6 Å². The Morgan fingerprint density at radius 1 is 1.15 bits per heavy atom. The van der Waals surface area contributed by atoms with Crippen molar-refractivity contribution in [3.8, 4) is 5.75 Å². The van der Waals surface area contributed by atoms with Crippen LogP contribution in [0.2, 0.25) is 0 Å². The highest BCUT2D eigenvalue weighted by atomic mass is 16.7. The molecule has 2 rings (SSSR count). The number of furan rings is 1. The predicted molar refractivity (Wildman–Crippen MR) is 95.0 cm³/mol. The summed E-state index contributed by atoms with van der Waals surface area (Å²) in [6.45, 7) is 5.20. The van der Waals surface area contributed by atoms with Gasteiger partial charge in [-0.1, -0.05) is 0 Å². The number of amides is 1.